The van der Waals surface area contributed by atoms with Crippen LogP contribution in [0.3, 0.4) is 0 Å². The molecular weight excluding hydrogens is 366 g/mol. The number of nitrogens with one attached hydrogen (secondary N) is 1. The molecule has 2 aromatic carbocycles. The predicted molar refractivity (Wildman–Crippen MR) is 114 cm³/mol. The first-order valence-corrected chi connectivity index (χ1v) is 10.2. The lowest BCUT2D eigenvalue weighted by Crippen LogP contribution is -2.50. The maximum Gasteiger partial charge on any atom is 0.225 e. The second-order valence-electron chi connectivity index (χ2n) is 7.53. The van der Waals surface area contributed by atoms with Crippen molar-refractivity contribution in [1.82, 2.24) is 9.80 Å². The third kappa shape index (κ3) is 6.06. The van der Waals surface area contributed by atoms with Crippen LogP contribution in [-0.2, 0) is 9.59 Å². The summed E-state index contributed by atoms with van der Waals surface area (Å²) < 4.78 is 5.90. The Kier molecular flexibility index (Phi) is 7.25. The van der Waals surface area contributed by atoms with Crippen LogP contribution in [0.2, 0.25) is 0 Å². The lowest BCUT2D eigenvalue weighted by Gasteiger charge is -2.35. The number of anilines is 1. The van der Waals surface area contributed by atoms with Gasteiger partial charge in [0.15, 0.2) is 5.75 Å². The number of carbonyl (C=O) groups is 2. The van der Waals surface area contributed by atoms with Crippen molar-refractivity contribution in [1.29, 1.82) is 0 Å². The molecule has 6 heteroatoms. The van der Waals surface area contributed by atoms with E-state index < -0.39 is 0 Å². The van der Waals surface area contributed by atoms with E-state index in [4.69, 9.17) is 4.74 Å². The van der Waals surface area contributed by atoms with Crippen LogP contribution >= 0.6 is 0 Å². The van der Waals surface area contributed by atoms with Gasteiger partial charge in [0, 0.05) is 45.1 Å². The maximum atomic E-state index is 12.5. The zero-order chi connectivity index (χ0) is 20.6. The van der Waals surface area contributed by atoms with E-state index in [1.165, 1.54) is 0 Å². The van der Waals surface area contributed by atoms with Crippen molar-refractivity contribution in [3.05, 3.63) is 54.6 Å². The van der Waals surface area contributed by atoms with Gasteiger partial charge in [-0.05, 0) is 24.3 Å². The quantitative estimate of drug-likeness (QED) is 0.778. The highest BCUT2D eigenvalue weighted by Crippen LogP contribution is 2.29. The highest BCUT2D eigenvalue weighted by molar-refractivity contribution is 5.92. The average Bonchev–Trinajstić information content (AvgIpc) is 2.74. The van der Waals surface area contributed by atoms with Gasteiger partial charge >= 0.3 is 0 Å². The lowest BCUT2D eigenvalue weighted by atomic mass is 10.1. The summed E-state index contributed by atoms with van der Waals surface area (Å²) in [5.41, 5.74) is 0.661. The molecule has 6 nitrogen and oxygen atoms in total. The minimum absolute atomic E-state index is 0.0329. The fraction of sp³-hybridized carbons (Fsp3) is 0.391. The van der Waals surface area contributed by atoms with Gasteiger partial charge in [0.2, 0.25) is 11.8 Å². The first-order chi connectivity index (χ1) is 14.0. The molecule has 0 spiro atoms. The Labute approximate surface area is 172 Å². The largest absolute Gasteiger partial charge is 0.455 e. The molecule has 1 saturated heterocycles. The molecule has 1 N–H and O–H groups in total. The van der Waals surface area contributed by atoms with E-state index in [0.29, 0.717) is 24.4 Å². The molecule has 0 atom stereocenters. The van der Waals surface area contributed by atoms with Crippen LogP contribution in [0.5, 0.6) is 11.5 Å². The van der Waals surface area contributed by atoms with Crippen molar-refractivity contribution < 1.29 is 14.3 Å². The highest BCUT2D eigenvalue weighted by Gasteiger charge is 2.23. The summed E-state index contributed by atoms with van der Waals surface area (Å²) in [7, 11) is 0. The number of para-hydroxylation sites is 3. The van der Waals surface area contributed by atoms with E-state index >= 15 is 0 Å². The molecule has 1 heterocycles. The Balaban J connectivity index is 1.48. The fourth-order valence-electron chi connectivity index (χ4n) is 3.30. The molecule has 1 aliphatic heterocycles. The summed E-state index contributed by atoms with van der Waals surface area (Å²) in [6.45, 7) is 7.60. The molecule has 0 radical (unpaired) electrons. The van der Waals surface area contributed by atoms with Crippen LogP contribution in [0.15, 0.2) is 54.6 Å². The number of hydrogen-bond donors (Lipinski definition) is 1. The normalized spacial score (nSPS) is 14.7. The number of nitrogens with zero attached hydrogens (tertiary/aromatic N) is 2. The van der Waals surface area contributed by atoms with Crippen molar-refractivity contribution in [3.8, 4) is 11.5 Å². The molecule has 0 aromatic heterocycles. The summed E-state index contributed by atoms with van der Waals surface area (Å²) in [6.07, 6.45) is 0.401. The van der Waals surface area contributed by atoms with Crippen LogP contribution in [-0.4, -0.2) is 54.3 Å². The Bertz CT molecular complexity index is 815. The van der Waals surface area contributed by atoms with Crippen LogP contribution in [0, 0.1) is 5.92 Å². The molecule has 0 unspecified atom stereocenters. The minimum atomic E-state index is -0.0465. The summed E-state index contributed by atoms with van der Waals surface area (Å²) in [4.78, 5) is 28.7. The van der Waals surface area contributed by atoms with Crippen LogP contribution in [0.25, 0.3) is 0 Å². The van der Waals surface area contributed by atoms with E-state index in [1.807, 2.05) is 73.3 Å². The van der Waals surface area contributed by atoms with Gasteiger partial charge in [-0.15, -0.1) is 0 Å². The number of rotatable bonds is 7. The molecule has 154 valence electrons. The fourth-order valence-corrected chi connectivity index (χ4v) is 3.30. The number of hydrogen-bond acceptors (Lipinski definition) is 4. The second kappa shape index (κ2) is 10.1. The number of ether oxygens (including phenoxy) is 1. The topological polar surface area (TPSA) is 61.9 Å². The third-order valence-corrected chi connectivity index (χ3v) is 4.97. The average molecular weight is 396 g/mol. The summed E-state index contributed by atoms with van der Waals surface area (Å²) in [6, 6.07) is 16.9. The highest BCUT2D eigenvalue weighted by atomic mass is 16.5. The first kappa shape index (κ1) is 20.9. The number of amides is 2. The van der Waals surface area contributed by atoms with E-state index in [2.05, 4.69) is 10.2 Å². The van der Waals surface area contributed by atoms with Gasteiger partial charge < -0.3 is 15.0 Å². The van der Waals surface area contributed by atoms with Crippen LogP contribution in [0.1, 0.15) is 20.3 Å². The smallest absolute Gasteiger partial charge is 0.225 e. The summed E-state index contributed by atoms with van der Waals surface area (Å²) in [5, 5.41) is 2.96. The Hall–Kier alpha value is -2.86. The maximum absolute atomic E-state index is 12.5. The lowest BCUT2D eigenvalue weighted by molar-refractivity contribution is -0.136. The van der Waals surface area contributed by atoms with Crippen molar-refractivity contribution >= 4 is 17.5 Å². The molecular formula is C23H29N3O3. The molecule has 3 rings (SSSR count). The van der Waals surface area contributed by atoms with Gasteiger partial charge in [0.25, 0.3) is 0 Å². The molecule has 1 aliphatic rings. The van der Waals surface area contributed by atoms with Crippen molar-refractivity contribution in [3.63, 3.8) is 0 Å². The Morgan fingerprint density at radius 3 is 2.31 bits per heavy atom. The van der Waals surface area contributed by atoms with Crippen LogP contribution < -0.4 is 10.1 Å². The number of carbonyl (C=O) groups excluding carboxylic acids is 2. The van der Waals surface area contributed by atoms with E-state index in [9.17, 15) is 9.59 Å². The summed E-state index contributed by atoms with van der Waals surface area (Å²) in [5.74, 6) is 1.54. The Morgan fingerprint density at radius 2 is 1.62 bits per heavy atom. The van der Waals surface area contributed by atoms with Gasteiger partial charge in [-0.2, -0.15) is 0 Å². The minimum Gasteiger partial charge on any atom is -0.455 e. The van der Waals surface area contributed by atoms with Crippen LogP contribution in [0.4, 0.5) is 5.69 Å². The number of piperazine rings is 1. The molecule has 0 saturated carbocycles. The summed E-state index contributed by atoms with van der Waals surface area (Å²) >= 11 is 0. The molecule has 2 aromatic rings. The van der Waals surface area contributed by atoms with Gasteiger partial charge in [0.1, 0.15) is 5.75 Å². The van der Waals surface area contributed by atoms with E-state index in [0.717, 1.165) is 31.9 Å². The molecule has 0 bridgehead atoms. The molecule has 29 heavy (non-hydrogen) atoms. The molecule has 2 amide bonds. The van der Waals surface area contributed by atoms with Crippen molar-refractivity contribution in [2.45, 2.75) is 20.3 Å². The molecule has 1 fully saturated rings. The zero-order valence-electron chi connectivity index (χ0n) is 17.1. The van der Waals surface area contributed by atoms with E-state index in [-0.39, 0.29) is 17.7 Å². The zero-order valence-corrected chi connectivity index (χ0v) is 17.1. The first-order valence-electron chi connectivity index (χ1n) is 10.2. The Morgan fingerprint density at radius 1 is 0.966 bits per heavy atom. The molecule has 0 aliphatic carbocycles. The van der Waals surface area contributed by atoms with Gasteiger partial charge in [0.05, 0.1) is 5.69 Å². The number of benzene rings is 2. The second-order valence-corrected chi connectivity index (χ2v) is 7.53. The third-order valence-electron chi connectivity index (χ3n) is 4.97. The van der Waals surface area contributed by atoms with Gasteiger partial charge in [-0.1, -0.05) is 44.2 Å². The predicted octanol–water partition coefficient (Wildman–Crippen LogP) is 3.61. The van der Waals surface area contributed by atoms with Crippen molar-refractivity contribution in [2.75, 3.05) is 38.0 Å². The monoisotopic (exact) mass is 395 g/mol. The standard InChI is InChI=1S/C23H29N3O3/c1-18(2)23(28)26-16-14-25(15-17-26)13-12-22(27)24-20-10-6-7-11-21(20)29-19-8-4-3-5-9-19/h3-11,18H,12-17H2,1-2H3,(H,24,27). The van der Waals surface area contributed by atoms with Gasteiger partial charge in [-0.25, -0.2) is 0 Å². The van der Waals surface area contributed by atoms with Gasteiger partial charge in [-0.3, -0.25) is 14.5 Å². The SMILES string of the molecule is CC(C)C(=O)N1CCN(CCC(=O)Nc2ccccc2Oc2ccccc2)CC1. The van der Waals surface area contributed by atoms with E-state index in [1.54, 1.807) is 0 Å². The van der Waals surface area contributed by atoms with Crippen molar-refractivity contribution in [2.24, 2.45) is 5.92 Å².